The molecule has 4 nitrogen and oxygen atoms in total. The molecule has 0 saturated heterocycles. The summed E-state index contributed by atoms with van der Waals surface area (Å²) in [6, 6.07) is 13.9. The molecule has 1 aromatic heterocycles. The van der Waals surface area contributed by atoms with E-state index >= 15 is 0 Å². The Labute approximate surface area is 128 Å². The van der Waals surface area contributed by atoms with E-state index in [1.165, 1.54) is 3.97 Å². The molecule has 2 aromatic carbocycles. The van der Waals surface area contributed by atoms with E-state index < -0.39 is 16.1 Å². The Morgan fingerprint density at radius 3 is 2.59 bits per heavy atom. The number of nitrogens with zero attached hydrogens (tertiary/aromatic N) is 1. The lowest BCUT2D eigenvalue weighted by Crippen LogP contribution is -2.11. The van der Waals surface area contributed by atoms with Gasteiger partial charge in [0, 0.05) is 11.6 Å². The Bertz CT molecular complexity index is 958. The summed E-state index contributed by atoms with van der Waals surface area (Å²) in [4.78, 5) is 0.271. The number of aliphatic hydroxyl groups excluding tert-OH is 1. The van der Waals surface area contributed by atoms with Crippen LogP contribution in [0.1, 0.15) is 23.7 Å². The molecule has 1 aliphatic carbocycles. The molecule has 1 aliphatic rings. The lowest BCUT2D eigenvalue weighted by Gasteiger charge is -2.09. The van der Waals surface area contributed by atoms with Crippen molar-refractivity contribution in [1.82, 2.24) is 3.97 Å². The van der Waals surface area contributed by atoms with Crippen LogP contribution >= 0.6 is 0 Å². The summed E-state index contributed by atoms with van der Waals surface area (Å²) < 4.78 is 26.9. The van der Waals surface area contributed by atoms with Crippen LogP contribution in [0.25, 0.3) is 10.9 Å². The van der Waals surface area contributed by atoms with Gasteiger partial charge in [-0.25, -0.2) is 12.4 Å². The predicted octanol–water partition coefficient (Wildman–Crippen LogP) is 2.86. The third kappa shape index (κ3) is 1.82. The first-order chi connectivity index (χ1) is 10.6. The normalized spacial score (nSPS) is 17.8. The first-order valence-corrected chi connectivity index (χ1v) is 8.64. The number of rotatable bonds is 2. The van der Waals surface area contributed by atoms with E-state index in [0.29, 0.717) is 11.9 Å². The third-order valence-electron chi connectivity index (χ3n) is 4.31. The third-order valence-corrected chi connectivity index (χ3v) is 6.02. The molecule has 1 atom stereocenters. The van der Waals surface area contributed by atoms with Crippen LogP contribution in [0, 0.1) is 0 Å². The molecule has 0 bridgehead atoms. The van der Waals surface area contributed by atoms with Crippen molar-refractivity contribution in [3.8, 4) is 0 Å². The zero-order valence-corrected chi connectivity index (χ0v) is 12.6. The summed E-state index contributed by atoms with van der Waals surface area (Å²) in [7, 11) is -3.60. The average molecular weight is 313 g/mol. The van der Waals surface area contributed by atoms with Crippen LogP contribution in [0.4, 0.5) is 0 Å². The van der Waals surface area contributed by atoms with Crippen molar-refractivity contribution in [3.63, 3.8) is 0 Å². The zero-order valence-electron chi connectivity index (χ0n) is 11.8. The van der Waals surface area contributed by atoms with Crippen LogP contribution in [0.15, 0.2) is 59.6 Å². The molecular weight excluding hydrogens is 298 g/mol. The first-order valence-electron chi connectivity index (χ1n) is 7.20. The Morgan fingerprint density at radius 2 is 1.82 bits per heavy atom. The van der Waals surface area contributed by atoms with Crippen LogP contribution in [0.5, 0.6) is 0 Å². The highest BCUT2D eigenvalue weighted by Gasteiger charge is 2.25. The SMILES string of the molecule is O=S(=O)(c1ccccc1)n1ccc2c3c(ccc21)C(O)CC3. The Hall–Kier alpha value is -2.11. The average Bonchev–Trinajstić information content (AvgIpc) is 3.12. The lowest BCUT2D eigenvalue weighted by atomic mass is 10.1. The van der Waals surface area contributed by atoms with Crippen molar-refractivity contribution < 1.29 is 13.5 Å². The minimum atomic E-state index is -3.60. The fourth-order valence-electron chi connectivity index (χ4n) is 3.21. The molecule has 1 N–H and O–H groups in total. The number of aliphatic hydroxyl groups is 1. The summed E-state index contributed by atoms with van der Waals surface area (Å²) in [6.45, 7) is 0. The van der Waals surface area contributed by atoms with Gasteiger partial charge in [-0.15, -0.1) is 0 Å². The van der Waals surface area contributed by atoms with Gasteiger partial charge < -0.3 is 5.11 Å². The molecule has 0 fully saturated rings. The highest BCUT2D eigenvalue weighted by atomic mass is 32.2. The quantitative estimate of drug-likeness (QED) is 0.791. The maximum Gasteiger partial charge on any atom is 0.268 e. The second-order valence-corrected chi connectivity index (χ2v) is 7.37. The van der Waals surface area contributed by atoms with Gasteiger partial charge in [-0.3, -0.25) is 0 Å². The number of hydrogen-bond acceptors (Lipinski definition) is 3. The Morgan fingerprint density at radius 1 is 1.05 bits per heavy atom. The minimum absolute atomic E-state index is 0.271. The summed E-state index contributed by atoms with van der Waals surface area (Å²) in [5, 5.41) is 10.9. The molecule has 0 aliphatic heterocycles. The summed E-state index contributed by atoms with van der Waals surface area (Å²) in [5.74, 6) is 0. The Kier molecular flexibility index (Phi) is 2.89. The maximum absolute atomic E-state index is 12.8. The highest BCUT2D eigenvalue weighted by Crippen LogP contribution is 2.37. The van der Waals surface area contributed by atoms with E-state index in [2.05, 4.69) is 0 Å². The molecule has 22 heavy (non-hydrogen) atoms. The van der Waals surface area contributed by atoms with Gasteiger partial charge in [0.1, 0.15) is 0 Å². The molecule has 112 valence electrons. The highest BCUT2D eigenvalue weighted by molar-refractivity contribution is 7.90. The van der Waals surface area contributed by atoms with Crippen molar-refractivity contribution in [2.24, 2.45) is 0 Å². The molecule has 4 rings (SSSR count). The van der Waals surface area contributed by atoms with E-state index in [4.69, 9.17) is 0 Å². The van der Waals surface area contributed by atoms with Gasteiger partial charge in [0.15, 0.2) is 0 Å². The second kappa shape index (κ2) is 4.69. The van der Waals surface area contributed by atoms with Gasteiger partial charge in [0.25, 0.3) is 10.0 Å². The van der Waals surface area contributed by atoms with Crippen molar-refractivity contribution in [1.29, 1.82) is 0 Å². The number of benzene rings is 2. The minimum Gasteiger partial charge on any atom is -0.388 e. The van der Waals surface area contributed by atoms with Crippen LogP contribution in [0.3, 0.4) is 0 Å². The van der Waals surface area contributed by atoms with Gasteiger partial charge in [-0.05, 0) is 48.2 Å². The van der Waals surface area contributed by atoms with Crippen molar-refractivity contribution >= 4 is 20.9 Å². The maximum atomic E-state index is 12.8. The van der Waals surface area contributed by atoms with E-state index in [1.807, 2.05) is 12.1 Å². The van der Waals surface area contributed by atoms with Crippen LogP contribution in [-0.2, 0) is 16.4 Å². The molecule has 0 amide bonds. The molecule has 1 unspecified atom stereocenters. The largest absolute Gasteiger partial charge is 0.388 e. The molecule has 0 spiro atoms. The van der Waals surface area contributed by atoms with Gasteiger partial charge in [0.05, 0.1) is 16.5 Å². The van der Waals surface area contributed by atoms with Crippen molar-refractivity contribution in [2.75, 3.05) is 0 Å². The van der Waals surface area contributed by atoms with E-state index in [9.17, 15) is 13.5 Å². The van der Waals surface area contributed by atoms with Gasteiger partial charge in [-0.2, -0.15) is 0 Å². The summed E-state index contributed by atoms with van der Waals surface area (Å²) >= 11 is 0. The van der Waals surface area contributed by atoms with E-state index in [-0.39, 0.29) is 4.90 Å². The molecule has 0 saturated carbocycles. The fraction of sp³-hybridized carbons (Fsp3) is 0.176. The zero-order chi connectivity index (χ0) is 15.3. The van der Waals surface area contributed by atoms with Crippen LogP contribution in [-0.4, -0.2) is 17.5 Å². The fourth-order valence-corrected chi connectivity index (χ4v) is 4.58. The molecule has 3 aromatic rings. The number of fused-ring (bicyclic) bond motifs is 3. The standard InChI is InChI=1S/C17H15NO3S/c19-17-9-7-13-14-10-11-18(16(14)8-6-15(13)17)22(20,21)12-4-2-1-3-5-12/h1-6,8,10-11,17,19H,7,9H2. The monoisotopic (exact) mass is 313 g/mol. The summed E-state index contributed by atoms with van der Waals surface area (Å²) in [5.41, 5.74) is 2.64. The van der Waals surface area contributed by atoms with Gasteiger partial charge >= 0.3 is 0 Å². The topological polar surface area (TPSA) is 59.3 Å². The van der Waals surface area contributed by atoms with E-state index in [1.54, 1.807) is 42.6 Å². The summed E-state index contributed by atoms with van der Waals surface area (Å²) in [6.07, 6.45) is 2.64. The molecule has 0 radical (unpaired) electrons. The van der Waals surface area contributed by atoms with Gasteiger partial charge in [-0.1, -0.05) is 24.3 Å². The van der Waals surface area contributed by atoms with E-state index in [0.717, 1.165) is 22.9 Å². The lowest BCUT2D eigenvalue weighted by molar-refractivity contribution is 0.180. The van der Waals surface area contributed by atoms with Gasteiger partial charge in [0.2, 0.25) is 0 Å². The molecule has 5 heteroatoms. The first kappa shape index (κ1) is 13.5. The Balaban J connectivity index is 1.95. The smallest absolute Gasteiger partial charge is 0.268 e. The number of hydrogen-bond donors (Lipinski definition) is 1. The van der Waals surface area contributed by atoms with Crippen molar-refractivity contribution in [2.45, 2.75) is 23.8 Å². The van der Waals surface area contributed by atoms with Crippen LogP contribution < -0.4 is 0 Å². The van der Waals surface area contributed by atoms with Crippen LogP contribution in [0.2, 0.25) is 0 Å². The molecule has 1 heterocycles. The number of aromatic nitrogens is 1. The molecular formula is C17H15NO3S. The second-order valence-electron chi connectivity index (χ2n) is 5.55. The predicted molar refractivity (Wildman–Crippen MR) is 84.2 cm³/mol. The number of aryl methyl sites for hydroxylation is 1. The van der Waals surface area contributed by atoms with Crippen molar-refractivity contribution in [3.05, 3.63) is 65.9 Å².